The lowest BCUT2D eigenvalue weighted by atomic mass is 9.77. The fourth-order valence-corrected chi connectivity index (χ4v) is 10.7. The number of carbonyl (C=O) groups is 3. The second-order valence-electron chi connectivity index (χ2n) is 20.1. The number of non-ortho nitro benzene ring substituents is 1. The zero-order chi connectivity index (χ0) is 52.6. The second kappa shape index (κ2) is 24.9. The third-order valence-electron chi connectivity index (χ3n) is 14.8. The molecule has 0 bridgehead atoms. The molecule has 4 fully saturated rings. The van der Waals surface area contributed by atoms with Gasteiger partial charge in [-0.2, -0.15) is 0 Å². The average molecular weight is 1040 g/mol. The lowest BCUT2D eigenvalue weighted by Gasteiger charge is -2.48. The second-order valence-corrected chi connectivity index (χ2v) is 20.1. The van der Waals surface area contributed by atoms with Crippen LogP contribution in [0, 0.1) is 27.9 Å². The number of ether oxygens (including phenoxy) is 6. The molecule has 74 heavy (non-hydrogen) atoms. The molecule has 404 valence electrons. The number of esters is 1. The Kier molecular flexibility index (Phi) is 18.4. The Morgan fingerprint density at radius 3 is 2.36 bits per heavy atom. The predicted molar refractivity (Wildman–Crippen MR) is 259 cm³/mol. The van der Waals surface area contributed by atoms with E-state index in [0.717, 1.165) is 55.8 Å². The normalized spacial score (nSPS) is 31.2. The lowest BCUT2D eigenvalue weighted by molar-refractivity contribution is -0.384. The highest BCUT2D eigenvalue weighted by Crippen LogP contribution is 2.39. The monoisotopic (exact) mass is 1040 g/mol. The van der Waals surface area contributed by atoms with E-state index in [2.05, 4.69) is 15.6 Å². The number of nitrogens with one attached hydrogen (secondary N) is 1. The van der Waals surface area contributed by atoms with E-state index in [9.17, 15) is 55.1 Å². The van der Waals surface area contributed by atoms with Crippen LogP contribution in [0.5, 0.6) is 0 Å². The summed E-state index contributed by atoms with van der Waals surface area (Å²) in [5.41, 5.74) is 1.54. The molecule has 0 radical (unpaired) electrons. The van der Waals surface area contributed by atoms with Crippen molar-refractivity contribution < 1.29 is 78.4 Å². The van der Waals surface area contributed by atoms with E-state index >= 15 is 0 Å². The average Bonchev–Trinajstić information content (AvgIpc) is 4.04. The van der Waals surface area contributed by atoms with Crippen LogP contribution in [-0.4, -0.2) is 159 Å². The first-order chi connectivity index (χ1) is 35.6. The summed E-state index contributed by atoms with van der Waals surface area (Å²) in [6.45, 7) is 3.76. The van der Waals surface area contributed by atoms with Crippen LogP contribution in [0.2, 0.25) is 0 Å². The molecule has 7 N–H and O–H groups in total. The molecule has 2 saturated carbocycles. The standard InChI is InChI=1S/C51H68N6O17/c1-28-21-33(47(63)52-25-34-26-56(54-53-34)19-10-9-18-55-20-17-32-23-35(57(67)68)15-16-36(32)55)24-37(44(28)74-50-43(62)42(61)40(59)29(2)69-50)71-51-46(73-49(66)31-13-7-4-8-14-31)45(41(60)39(27-58)72-51)70-38(48(64)65)22-30-11-5-3-6-12-30/h4,7-8,13-17,20,23,26,28-30,33,37-46,50-51,58-62H,3,5-6,9-12,18-19,21-22,24-25,27H2,1-2H3,(H,52,63)(H,64,65)/t28-,29-,33+,37+,38-,39+,40+,41-,42+,43-,44+,45-,46+,50-,51+/m0/s1. The summed E-state index contributed by atoms with van der Waals surface area (Å²) in [4.78, 5) is 51.6. The topological polar surface area (TPSA) is 319 Å². The minimum atomic E-state index is -1.71. The molecule has 4 heterocycles. The number of hydrogen-bond acceptors (Lipinski definition) is 18. The van der Waals surface area contributed by atoms with Crippen LogP contribution in [0.3, 0.4) is 0 Å². The van der Waals surface area contributed by atoms with Crippen molar-refractivity contribution >= 4 is 34.4 Å². The number of unbranched alkanes of at least 4 members (excludes halogenated alkanes) is 1. The number of nitrogens with zero attached hydrogens (tertiary/aromatic N) is 5. The minimum absolute atomic E-state index is 0.0235. The van der Waals surface area contributed by atoms with Crippen molar-refractivity contribution in [3.05, 3.63) is 88.4 Å². The Balaban J connectivity index is 0.986. The zero-order valence-corrected chi connectivity index (χ0v) is 41.4. The number of aliphatic carboxylic acids is 1. The van der Waals surface area contributed by atoms with Gasteiger partial charge in [0.25, 0.3) is 5.69 Å². The molecular formula is C51H68N6O17. The summed E-state index contributed by atoms with van der Waals surface area (Å²) in [7, 11) is 0. The summed E-state index contributed by atoms with van der Waals surface area (Å²) in [5.74, 6) is -3.83. The number of aliphatic hydroxyl groups is 5. The summed E-state index contributed by atoms with van der Waals surface area (Å²) in [6.07, 6.45) is -9.02. The highest BCUT2D eigenvalue weighted by molar-refractivity contribution is 5.89. The highest BCUT2D eigenvalue weighted by Gasteiger charge is 2.54. The molecule has 4 aliphatic rings. The third-order valence-corrected chi connectivity index (χ3v) is 14.8. The maximum absolute atomic E-state index is 14.1. The van der Waals surface area contributed by atoms with Crippen LogP contribution in [0.1, 0.15) is 94.1 Å². The van der Waals surface area contributed by atoms with Gasteiger partial charge in [-0.3, -0.25) is 19.6 Å². The summed E-state index contributed by atoms with van der Waals surface area (Å²) in [6, 6.07) is 14.6. The van der Waals surface area contributed by atoms with Crippen molar-refractivity contribution in [1.29, 1.82) is 0 Å². The molecule has 2 saturated heterocycles. The molecule has 23 nitrogen and oxygen atoms in total. The number of carboxylic acid groups (broad SMARTS) is 1. The number of aliphatic hydroxyl groups excluding tert-OH is 5. The zero-order valence-electron chi connectivity index (χ0n) is 41.4. The molecule has 2 aliphatic carbocycles. The van der Waals surface area contributed by atoms with Crippen molar-refractivity contribution in [3.8, 4) is 0 Å². The van der Waals surface area contributed by atoms with Crippen LogP contribution in [0.15, 0.2) is 67.0 Å². The molecule has 15 atom stereocenters. The predicted octanol–water partition coefficient (Wildman–Crippen LogP) is 2.99. The van der Waals surface area contributed by atoms with E-state index in [-0.39, 0.29) is 48.9 Å². The van der Waals surface area contributed by atoms with E-state index in [4.69, 9.17) is 28.4 Å². The van der Waals surface area contributed by atoms with Gasteiger partial charge in [0, 0.05) is 48.2 Å². The number of nitro groups is 1. The molecule has 2 aromatic carbocycles. The SMILES string of the molecule is C[C@@H]1O[C@@H](O[C@@H]2[C@@H](C)C[C@@H](C(=O)NCc3cn(CCCCn4ccc5cc([N+](=O)[O-])ccc54)nn3)C[C@H]2O[C@@H]2O[C@H](CO)[C@H](O)[C@H](O[C@@H](CC3CCCCC3)C(=O)O)[C@H]2OC(=O)c2ccccc2)[C@@H](O)[C@H](O)[C@@H]1O. The third kappa shape index (κ3) is 13.1. The molecule has 0 unspecified atom stereocenters. The summed E-state index contributed by atoms with van der Waals surface area (Å²) < 4.78 is 41.2. The Bertz CT molecular complexity index is 2510. The Morgan fingerprint density at radius 1 is 0.878 bits per heavy atom. The van der Waals surface area contributed by atoms with Gasteiger partial charge in [0.1, 0.15) is 42.3 Å². The van der Waals surface area contributed by atoms with E-state index < -0.39 is 115 Å². The number of aryl methyl sites for hydroxylation is 2. The molecule has 8 rings (SSSR count). The van der Waals surface area contributed by atoms with E-state index in [1.807, 2.05) is 16.8 Å². The molecule has 2 aromatic heterocycles. The first-order valence-corrected chi connectivity index (χ1v) is 25.6. The lowest BCUT2D eigenvalue weighted by Crippen LogP contribution is -2.64. The smallest absolute Gasteiger partial charge is 0.338 e. The minimum Gasteiger partial charge on any atom is -0.479 e. The fraction of sp³-hybridized carbons (Fsp3) is 0.627. The van der Waals surface area contributed by atoms with Crippen LogP contribution >= 0.6 is 0 Å². The Hall–Kier alpha value is -5.47. The van der Waals surface area contributed by atoms with Gasteiger partial charge in [-0.25, -0.2) is 9.59 Å². The number of fused-ring (bicyclic) bond motifs is 1. The number of amides is 1. The first-order valence-electron chi connectivity index (χ1n) is 25.6. The van der Waals surface area contributed by atoms with Gasteiger partial charge >= 0.3 is 11.9 Å². The Labute approximate surface area is 426 Å². The molecule has 4 aromatic rings. The van der Waals surface area contributed by atoms with Gasteiger partial charge in [0.15, 0.2) is 24.8 Å². The maximum atomic E-state index is 14.1. The number of hydrogen-bond donors (Lipinski definition) is 7. The first kappa shape index (κ1) is 54.8. The van der Waals surface area contributed by atoms with Crippen molar-refractivity contribution in [1.82, 2.24) is 24.9 Å². The van der Waals surface area contributed by atoms with Crippen molar-refractivity contribution in [2.45, 2.75) is 177 Å². The number of aromatic nitrogens is 4. The van der Waals surface area contributed by atoms with Crippen molar-refractivity contribution in [2.24, 2.45) is 17.8 Å². The summed E-state index contributed by atoms with van der Waals surface area (Å²) in [5, 5.41) is 88.4. The van der Waals surface area contributed by atoms with Gasteiger partial charge in [-0.15, -0.1) is 5.10 Å². The van der Waals surface area contributed by atoms with Crippen LogP contribution in [0.4, 0.5) is 5.69 Å². The number of carbonyl (C=O) groups excluding carboxylic acids is 2. The largest absolute Gasteiger partial charge is 0.479 e. The van der Waals surface area contributed by atoms with Crippen LogP contribution in [-0.2, 0) is 57.6 Å². The molecule has 23 heteroatoms. The van der Waals surface area contributed by atoms with Crippen LogP contribution < -0.4 is 5.32 Å². The van der Waals surface area contributed by atoms with Gasteiger partial charge in [-0.1, -0.05) is 62.4 Å². The number of benzene rings is 2. The number of rotatable bonds is 21. The van der Waals surface area contributed by atoms with Gasteiger partial charge < -0.3 is 68.9 Å². The Morgan fingerprint density at radius 2 is 1.64 bits per heavy atom. The van der Waals surface area contributed by atoms with E-state index in [1.165, 1.54) is 25.1 Å². The maximum Gasteiger partial charge on any atom is 0.338 e. The number of nitro benzene ring substituents is 1. The quantitative estimate of drug-likeness (QED) is 0.0273. The molecule has 1 amide bonds. The van der Waals surface area contributed by atoms with Gasteiger partial charge in [-0.05, 0) is 75.1 Å². The summed E-state index contributed by atoms with van der Waals surface area (Å²) >= 11 is 0. The van der Waals surface area contributed by atoms with E-state index in [1.54, 1.807) is 48.1 Å². The van der Waals surface area contributed by atoms with Crippen molar-refractivity contribution in [2.75, 3.05) is 6.61 Å². The molecule has 2 aliphatic heterocycles. The fourth-order valence-electron chi connectivity index (χ4n) is 10.7. The van der Waals surface area contributed by atoms with Gasteiger partial charge in [0.2, 0.25) is 5.91 Å². The highest BCUT2D eigenvalue weighted by atomic mass is 16.7. The van der Waals surface area contributed by atoms with Crippen molar-refractivity contribution in [3.63, 3.8) is 0 Å². The van der Waals surface area contributed by atoms with E-state index in [0.29, 0.717) is 18.8 Å². The molecular weight excluding hydrogens is 969 g/mol. The van der Waals surface area contributed by atoms with Gasteiger partial charge in [0.05, 0.1) is 48.1 Å². The van der Waals surface area contributed by atoms with Crippen LogP contribution in [0.25, 0.3) is 10.9 Å². The molecule has 0 spiro atoms. The number of carboxylic acids is 1.